The van der Waals surface area contributed by atoms with Gasteiger partial charge in [-0.05, 0) is 6.66 Å². The molecule has 0 fully saturated rings. The molecule has 74 valence electrons. The predicted octanol–water partition coefficient (Wildman–Crippen LogP) is 4.60. The number of hydrogen-bond acceptors (Lipinski definition) is 1. The molecular formula is C8H21ClNPSi. The van der Waals surface area contributed by atoms with Crippen LogP contribution in [0.25, 0.3) is 0 Å². The smallest absolute Gasteiger partial charge is 0.172 e. The Hall–Kier alpha value is 0.737. The van der Waals surface area contributed by atoms with Crippen molar-refractivity contribution in [3.05, 3.63) is 0 Å². The molecule has 0 aliphatic carbocycles. The van der Waals surface area contributed by atoms with Crippen LogP contribution in [0.2, 0.25) is 19.6 Å². The highest BCUT2D eigenvalue weighted by Crippen LogP contribution is 2.62. The van der Waals surface area contributed by atoms with Crippen LogP contribution in [-0.4, -0.2) is 20.1 Å². The minimum Gasteiger partial charge on any atom is -0.323 e. The van der Waals surface area contributed by atoms with Crippen molar-refractivity contribution in [1.29, 1.82) is 0 Å². The number of halogens is 1. The average molecular weight is 226 g/mol. The lowest BCUT2D eigenvalue weighted by atomic mass is 10.3. The van der Waals surface area contributed by atoms with Crippen LogP contribution < -0.4 is 0 Å². The van der Waals surface area contributed by atoms with Crippen molar-refractivity contribution in [3.63, 3.8) is 0 Å². The Bertz CT molecular complexity index is 206. The fourth-order valence-electron chi connectivity index (χ4n) is 0.713. The van der Waals surface area contributed by atoms with Crippen molar-refractivity contribution in [2.24, 2.45) is 4.41 Å². The molecule has 0 amide bonds. The van der Waals surface area contributed by atoms with Crippen LogP contribution in [0.4, 0.5) is 0 Å². The Balaban J connectivity index is 4.99. The summed E-state index contributed by atoms with van der Waals surface area (Å²) in [6, 6.07) is 0. The Morgan fingerprint density at radius 1 is 1.17 bits per heavy atom. The normalized spacial score (nSPS) is 18.7. The highest BCUT2D eigenvalue weighted by atomic mass is 35.7. The van der Waals surface area contributed by atoms with Gasteiger partial charge in [-0.1, -0.05) is 51.7 Å². The van der Waals surface area contributed by atoms with Crippen molar-refractivity contribution in [2.45, 2.75) is 45.6 Å². The van der Waals surface area contributed by atoms with Crippen molar-refractivity contribution in [3.8, 4) is 0 Å². The molecule has 0 aromatic carbocycles. The SMILES string of the molecule is CC(C)(C)P(C)(Cl)=N[Si](C)(C)C. The summed E-state index contributed by atoms with van der Waals surface area (Å²) in [4.78, 5) is 0. The van der Waals surface area contributed by atoms with E-state index < -0.39 is 14.6 Å². The maximum atomic E-state index is 6.48. The van der Waals surface area contributed by atoms with Gasteiger partial charge in [0.05, 0.1) is 0 Å². The number of rotatable bonds is 1. The summed E-state index contributed by atoms with van der Waals surface area (Å²) in [5.74, 6) is 0. The third-order valence-electron chi connectivity index (χ3n) is 1.71. The zero-order valence-electron chi connectivity index (χ0n) is 9.27. The Morgan fingerprint density at radius 2 is 1.50 bits per heavy atom. The highest BCUT2D eigenvalue weighted by molar-refractivity contribution is 7.92. The molecule has 0 spiro atoms. The van der Waals surface area contributed by atoms with E-state index in [-0.39, 0.29) is 5.16 Å². The molecule has 1 nitrogen and oxygen atoms in total. The van der Waals surface area contributed by atoms with Crippen molar-refractivity contribution in [1.82, 2.24) is 0 Å². The molecule has 0 aliphatic rings. The van der Waals surface area contributed by atoms with E-state index in [0.29, 0.717) is 0 Å². The summed E-state index contributed by atoms with van der Waals surface area (Å²) in [5.41, 5.74) is 0. The summed E-state index contributed by atoms with van der Waals surface area (Å²) in [6.45, 7) is 15.4. The first-order valence-corrected chi connectivity index (χ1v) is 10.8. The van der Waals surface area contributed by atoms with Crippen LogP contribution in [0.1, 0.15) is 20.8 Å². The van der Waals surface area contributed by atoms with Gasteiger partial charge in [-0.25, -0.2) is 0 Å². The fraction of sp³-hybridized carbons (Fsp3) is 1.00. The molecule has 0 saturated carbocycles. The van der Waals surface area contributed by atoms with E-state index in [1.54, 1.807) is 0 Å². The molecule has 0 aromatic heterocycles. The molecule has 1 atom stereocenters. The van der Waals surface area contributed by atoms with Crippen LogP contribution in [0.15, 0.2) is 4.41 Å². The van der Waals surface area contributed by atoms with E-state index in [9.17, 15) is 0 Å². The molecule has 0 N–H and O–H groups in total. The molecule has 0 aromatic rings. The third-order valence-corrected chi connectivity index (χ3v) is 10.3. The fourth-order valence-corrected chi connectivity index (χ4v) is 8.46. The number of nitrogens with zero attached hydrogens (tertiary/aromatic N) is 1. The van der Waals surface area contributed by atoms with Gasteiger partial charge in [0.2, 0.25) is 0 Å². The van der Waals surface area contributed by atoms with Gasteiger partial charge in [0.1, 0.15) is 0 Å². The molecule has 0 aliphatic heterocycles. The summed E-state index contributed by atoms with van der Waals surface area (Å²) in [7, 11) is -1.36. The van der Waals surface area contributed by atoms with Gasteiger partial charge in [-0.2, -0.15) is 0 Å². The maximum Gasteiger partial charge on any atom is 0.172 e. The van der Waals surface area contributed by atoms with Gasteiger partial charge in [-0.15, -0.1) is 0 Å². The van der Waals surface area contributed by atoms with Gasteiger partial charge in [0.15, 0.2) is 8.24 Å². The first kappa shape index (κ1) is 12.7. The maximum absolute atomic E-state index is 6.48. The predicted molar refractivity (Wildman–Crippen MR) is 64.2 cm³/mol. The van der Waals surface area contributed by atoms with Crippen molar-refractivity contribution in [2.75, 3.05) is 6.66 Å². The molecule has 4 heteroatoms. The number of hydrogen-bond donors (Lipinski definition) is 0. The van der Waals surface area contributed by atoms with E-state index in [1.165, 1.54) is 0 Å². The van der Waals surface area contributed by atoms with E-state index in [4.69, 9.17) is 15.7 Å². The molecule has 0 heterocycles. The zero-order chi connectivity index (χ0) is 10.2. The monoisotopic (exact) mass is 225 g/mol. The van der Waals surface area contributed by atoms with Crippen molar-refractivity contribution >= 4 is 25.9 Å². The third kappa shape index (κ3) is 4.11. The van der Waals surface area contributed by atoms with Gasteiger partial charge < -0.3 is 4.41 Å². The summed E-state index contributed by atoms with van der Waals surface area (Å²) in [5, 5.41) is 0.148. The first-order valence-electron chi connectivity index (χ1n) is 4.26. The zero-order valence-corrected chi connectivity index (χ0v) is 11.9. The molecule has 0 radical (unpaired) electrons. The first-order chi connectivity index (χ1) is 4.96. The van der Waals surface area contributed by atoms with Gasteiger partial charge in [0, 0.05) is 11.6 Å². The Kier molecular flexibility index (Phi) is 3.69. The van der Waals surface area contributed by atoms with Crippen LogP contribution in [0.3, 0.4) is 0 Å². The van der Waals surface area contributed by atoms with Gasteiger partial charge in [0.25, 0.3) is 0 Å². The Morgan fingerprint density at radius 3 is 1.58 bits per heavy atom. The van der Waals surface area contributed by atoms with Crippen molar-refractivity contribution < 1.29 is 0 Å². The second-order valence-corrected chi connectivity index (χ2v) is 15.5. The van der Waals surface area contributed by atoms with E-state index in [1.807, 2.05) is 0 Å². The molecule has 0 rings (SSSR count). The molecule has 0 saturated heterocycles. The topological polar surface area (TPSA) is 12.4 Å². The van der Waals surface area contributed by atoms with E-state index in [2.05, 4.69) is 47.1 Å². The lowest BCUT2D eigenvalue weighted by Gasteiger charge is -2.30. The molecule has 12 heavy (non-hydrogen) atoms. The highest BCUT2D eigenvalue weighted by Gasteiger charge is 2.29. The van der Waals surface area contributed by atoms with E-state index in [0.717, 1.165) is 0 Å². The standard InChI is InChI=1S/C8H21ClNPSi/c1-8(2,3)11(4,9)10-12(5,6)7/h1-7H3. The Labute approximate surface area is 82.8 Å². The van der Waals surface area contributed by atoms with E-state index >= 15 is 0 Å². The van der Waals surface area contributed by atoms with Gasteiger partial charge in [-0.3, -0.25) is 0 Å². The lowest BCUT2D eigenvalue weighted by molar-refractivity contribution is 0.787. The van der Waals surface area contributed by atoms with Gasteiger partial charge >= 0.3 is 0 Å². The quantitative estimate of drug-likeness (QED) is 0.457. The largest absolute Gasteiger partial charge is 0.323 e. The molecular weight excluding hydrogens is 205 g/mol. The summed E-state index contributed by atoms with van der Waals surface area (Å²) < 4.78 is 4.83. The second kappa shape index (κ2) is 3.47. The molecule has 1 unspecified atom stereocenters. The minimum atomic E-state index is -1.59. The lowest BCUT2D eigenvalue weighted by Crippen LogP contribution is -2.19. The summed E-state index contributed by atoms with van der Waals surface area (Å²) in [6.07, 6.45) is -1.59. The van der Waals surface area contributed by atoms with Crippen LogP contribution in [0, 0.1) is 0 Å². The molecule has 0 bridgehead atoms. The minimum absolute atomic E-state index is 0.148. The average Bonchev–Trinajstić information content (AvgIpc) is 1.52. The second-order valence-electron chi connectivity index (χ2n) is 5.29. The van der Waals surface area contributed by atoms with Crippen LogP contribution in [-0.2, 0) is 0 Å². The summed E-state index contributed by atoms with van der Waals surface area (Å²) >= 11 is 6.48. The van der Waals surface area contributed by atoms with Crippen LogP contribution >= 0.6 is 17.6 Å². The van der Waals surface area contributed by atoms with Crippen LogP contribution in [0.5, 0.6) is 0 Å².